The van der Waals surface area contributed by atoms with Gasteiger partial charge in [0, 0.05) is 73.0 Å². The van der Waals surface area contributed by atoms with Gasteiger partial charge in [0.1, 0.15) is 34.5 Å². The lowest BCUT2D eigenvalue weighted by atomic mass is 9.48. The molecule has 10 heteroatoms. The van der Waals surface area contributed by atoms with Gasteiger partial charge in [-0.15, -0.1) is 0 Å². The number of hydrogen-bond donors (Lipinski definition) is 0. The van der Waals surface area contributed by atoms with Crippen molar-refractivity contribution < 1.29 is 18.8 Å². The topological polar surface area (TPSA) is 53.3 Å². The van der Waals surface area contributed by atoms with Crippen LogP contribution in [0.3, 0.4) is 0 Å². The number of rotatable bonds is 4. The van der Waals surface area contributed by atoms with Crippen molar-refractivity contribution in [2.24, 2.45) is 0 Å². The van der Waals surface area contributed by atoms with E-state index in [4.69, 9.17) is 18.8 Å². The first-order valence-corrected chi connectivity index (χ1v) is 25.8. The minimum Gasteiger partial charge on any atom is -0.550 e. The standard InChI is InChI=1S/C66H40B2N4O4/c1-3-19-41(20-4-1)69-55-31-15-17-33-59(55)75-67-49-39-50-62(40-61(49)73-63-37-43(35-57(69)65(63)67)71-51-27-11-7-23-45(51)46-24-8-12-28-52(46)71)74-64-38-44(72-53-29-13-9-25-47(53)48-26-10-14-30-54(48)72)36-58-66(64)68(50)76-60-34-18-16-32-56(60)70(58)42-21-5-2-6-22-42/h1-40H. The van der Waals surface area contributed by atoms with Gasteiger partial charge in [-0.05, 0) is 84.9 Å². The molecule has 0 atom stereocenters. The van der Waals surface area contributed by atoms with E-state index in [9.17, 15) is 0 Å². The molecule has 4 aliphatic rings. The fourth-order valence-electron chi connectivity index (χ4n) is 12.6. The number of ether oxygens (including phenoxy) is 2. The van der Waals surface area contributed by atoms with Crippen LogP contribution in [0.5, 0.6) is 34.5 Å². The number of anilines is 6. The van der Waals surface area contributed by atoms with Crippen LogP contribution in [0.15, 0.2) is 243 Å². The van der Waals surface area contributed by atoms with Crippen molar-refractivity contribution in [2.75, 3.05) is 9.80 Å². The molecule has 0 fully saturated rings. The van der Waals surface area contributed by atoms with Crippen LogP contribution in [-0.2, 0) is 0 Å². The van der Waals surface area contributed by atoms with Crippen LogP contribution in [0, 0.1) is 0 Å². The zero-order valence-electron chi connectivity index (χ0n) is 40.7. The van der Waals surface area contributed by atoms with E-state index in [0.29, 0.717) is 23.0 Å². The first kappa shape index (κ1) is 41.4. The van der Waals surface area contributed by atoms with Crippen LogP contribution in [0.1, 0.15) is 0 Å². The molecule has 0 unspecified atom stereocenters. The lowest BCUT2D eigenvalue weighted by Gasteiger charge is -2.33. The molecule has 0 bridgehead atoms. The Bertz CT molecular complexity index is 4200. The molecule has 4 aliphatic heterocycles. The number of hydrogen-bond acceptors (Lipinski definition) is 6. The lowest BCUT2D eigenvalue weighted by Crippen LogP contribution is -2.56. The summed E-state index contributed by atoms with van der Waals surface area (Å²) in [6, 6.07) is 85.5. The summed E-state index contributed by atoms with van der Waals surface area (Å²) in [5.41, 5.74) is 15.7. The zero-order chi connectivity index (χ0) is 49.6. The summed E-state index contributed by atoms with van der Waals surface area (Å²) in [4.78, 5) is 4.64. The highest BCUT2D eigenvalue weighted by Crippen LogP contribution is 2.49. The third-order valence-electron chi connectivity index (χ3n) is 15.8. The number of benzene rings is 11. The molecule has 0 amide bonds. The van der Waals surface area contributed by atoms with Crippen molar-refractivity contribution in [3.05, 3.63) is 243 Å². The van der Waals surface area contributed by atoms with E-state index in [1.165, 1.54) is 21.5 Å². The highest BCUT2D eigenvalue weighted by Gasteiger charge is 2.47. The average Bonchev–Trinajstić information content (AvgIpc) is 3.94. The Morgan fingerprint density at radius 1 is 0.263 bits per heavy atom. The molecule has 17 rings (SSSR count). The van der Waals surface area contributed by atoms with Gasteiger partial charge >= 0.3 is 13.8 Å². The van der Waals surface area contributed by atoms with Crippen LogP contribution in [0.25, 0.3) is 55.0 Å². The van der Waals surface area contributed by atoms with E-state index >= 15 is 0 Å². The van der Waals surface area contributed by atoms with Crippen molar-refractivity contribution in [1.29, 1.82) is 0 Å². The molecule has 0 N–H and O–H groups in total. The Hall–Kier alpha value is -10.1. The van der Waals surface area contributed by atoms with Gasteiger partial charge in [0.05, 0.1) is 56.2 Å². The zero-order valence-corrected chi connectivity index (χ0v) is 40.7. The summed E-state index contributed by atoms with van der Waals surface area (Å²) in [5, 5.41) is 4.73. The molecule has 8 nitrogen and oxygen atoms in total. The maximum Gasteiger partial charge on any atom is 0.436 e. The molecule has 6 heterocycles. The van der Waals surface area contributed by atoms with Gasteiger partial charge in [0.15, 0.2) is 0 Å². The van der Waals surface area contributed by atoms with Crippen molar-refractivity contribution in [3.8, 4) is 45.9 Å². The number of nitrogens with zero attached hydrogens (tertiary/aromatic N) is 4. The SMILES string of the molecule is c1ccc(N2c3ccccc3OB3c4cc5c(cc4Oc4cc(-n6c7ccccc7c7ccccc76)cc2c43)Oc2cc(-n3c4ccccc4c4ccccc43)cc3c2B5Oc2ccccc2N3c2ccccc2)cc1. The van der Waals surface area contributed by atoms with Gasteiger partial charge in [-0.3, -0.25) is 0 Å². The summed E-state index contributed by atoms with van der Waals surface area (Å²) in [6.07, 6.45) is 0. The Morgan fingerprint density at radius 3 is 1.03 bits per heavy atom. The van der Waals surface area contributed by atoms with Gasteiger partial charge in [0.2, 0.25) is 0 Å². The Labute approximate surface area is 437 Å². The highest BCUT2D eigenvalue weighted by molar-refractivity contribution is 6.87. The number of fused-ring (bicyclic) bond motifs is 12. The van der Waals surface area contributed by atoms with E-state index in [-0.39, 0.29) is 0 Å². The summed E-state index contributed by atoms with van der Waals surface area (Å²) in [5.74, 6) is 4.20. The van der Waals surface area contributed by atoms with Crippen molar-refractivity contribution >= 4 is 113 Å². The van der Waals surface area contributed by atoms with Gasteiger partial charge in [0.25, 0.3) is 0 Å². The Balaban J connectivity index is 0.917. The quantitative estimate of drug-likeness (QED) is 0.164. The molecule has 13 aromatic rings. The molecule has 2 aromatic heterocycles. The van der Waals surface area contributed by atoms with Crippen LogP contribution in [-0.4, -0.2) is 23.0 Å². The van der Waals surface area contributed by atoms with Crippen LogP contribution < -0.4 is 50.4 Å². The third-order valence-corrected chi connectivity index (χ3v) is 15.8. The second-order valence-corrected chi connectivity index (χ2v) is 19.9. The van der Waals surface area contributed by atoms with Crippen LogP contribution >= 0.6 is 0 Å². The third kappa shape index (κ3) is 5.86. The normalized spacial score (nSPS) is 13.6. The van der Waals surface area contributed by atoms with Crippen molar-refractivity contribution in [1.82, 2.24) is 9.13 Å². The molecule has 11 aromatic carbocycles. The second kappa shape index (κ2) is 15.7. The molecule has 0 saturated carbocycles. The predicted octanol–water partition coefficient (Wildman–Crippen LogP) is 14.0. The van der Waals surface area contributed by atoms with E-state index in [0.717, 1.165) is 101 Å². The Kier molecular flexibility index (Phi) is 8.57. The van der Waals surface area contributed by atoms with Gasteiger partial charge in [-0.2, -0.15) is 0 Å². The molecular formula is C66H40B2N4O4. The first-order chi connectivity index (χ1) is 37.7. The van der Waals surface area contributed by atoms with Gasteiger partial charge in [-0.1, -0.05) is 140 Å². The largest absolute Gasteiger partial charge is 0.550 e. The summed E-state index contributed by atoms with van der Waals surface area (Å²) >= 11 is 0. The summed E-state index contributed by atoms with van der Waals surface area (Å²) in [6.45, 7) is -1.17. The maximum absolute atomic E-state index is 7.44. The van der Waals surface area contributed by atoms with E-state index < -0.39 is 13.8 Å². The molecule has 76 heavy (non-hydrogen) atoms. The summed E-state index contributed by atoms with van der Waals surface area (Å²) < 4.78 is 34.3. The first-order valence-electron chi connectivity index (χ1n) is 25.8. The van der Waals surface area contributed by atoms with Crippen LogP contribution in [0.4, 0.5) is 34.1 Å². The van der Waals surface area contributed by atoms with Gasteiger partial charge in [-0.25, -0.2) is 0 Å². The smallest absolute Gasteiger partial charge is 0.436 e. The van der Waals surface area contributed by atoms with Crippen molar-refractivity contribution in [2.45, 2.75) is 0 Å². The van der Waals surface area contributed by atoms with E-state index in [1.807, 2.05) is 12.1 Å². The number of aromatic nitrogens is 2. The minimum atomic E-state index is -0.585. The predicted molar refractivity (Wildman–Crippen MR) is 309 cm³/mol. The molecule has 0 aliphatic carbocycles. The van der Waals surface area contributed by atoms with Crippen LogP contribution in [0.2, 0.25) is 0 Å². The molecule has 0 saturated heterocycles. The molecule has 0 radical (unpaired) electrons. The molecule has 354 valence electrons. The average molecular weight is 975 g/mol. The number of para-hydroxylation sites is 10. The van der Waals surface area contributed by atoms with E-state index in [2.05, 4.69) is 249 Å². The summed E-state index contributed by atoms with van der Waals surface area (Å²) in [7, 11) is 0. The van der Waals surface area contributed by atoms with E-state index in [1.54, 1.807) is 0 Å². The fourth-order valence-corrected chi connectivity index (χ4v) is 12.6. The maximum atomic E-state index is 7.44. The molecule has 0 spiro atoms. The highest BCUT2D eigenvalue weighted by atomic mass is 16.5. The fraction of sp³-hybridized carbons (Fsp3) is 0. The lowest BCUT2D eigenvalue weighted by molar-refractivity contribution is 0.460. The molecular weight excluding hydrogens is 934 g/mol. The second-order valence-electron chi connectivity index (χ2n) is 19.9. The van der Waals surface area contributed by atoms with Crippen molar-refractivity contribution in [3.63, 3.8) is 0 Å². The minimum absolute atomic E-state index is 0.585. The van der Waals surface area contributed by atoms with Gasteiger partial charge < -0.3 is 37.7 Å². The Morgan fingerprint density at radius 2 is 0.618 bits per heavy atom. The monoisotopic (exact) mass is 974 g/mol.